The number of ether oxygens (including phenoxy) is 2. The minimum Gasteiger partial charge on any atom is -0.454 e. The number of nitrogens with zero attached hydrogens (tertiary/aromatic N) is 3. The fourth-order valence-corrected chi connectivity index (χ4v) is 3.74. The number of rotatable bonds is 3. The van der Waals surface area contributed by atoms with Gasteiger partial charge in [0.2, 0.25) is 6.79 Å². The number of likely N-dealkylation sites (tertiary alicyclic amines) is 1. The molecule has 2 aromatic rings. The lowest BCUT2D eigenvalue weighted by atomic mass is 10.0. The Balaban J connectivity index is 1.42. The third-order valence-corrected chi connectivity index (χ3v) is 5.30. The zero-order valence-electron chi connectivity index (χ0n) is 14.4. The quantitative estimate of drug-likeness (QED) is 0.913. The molecule has 26 heavy (non-hydrogen) atoms. The first-order valence-corrected chi connectivity index (χ1v) is 9.03. The van der Waals surface area contributed by atoms with E-state index in [9.17, 15) is 4.79 Å². The molecule has 7 heteroatoms. The second-order valence-corrected chi connectivity index (χ2v) is 7.07. The zero-order valence-corrected chi connectivity index (χ0v) is 14.4. The SMILES string of the molecule is Nc1nc(C2CC2)ncc1C(=O)N1CCCC1c1ccc2c(c1)OCO2. The van der Waals surface area contributed by atoms with Crippen LogP contribution in [0.3, 0.4) is 0 Å². The molecule has 1 saturated heterocycles. The number of nitrogens with two attached hydrogens (primary N) is 1. The monoisotopic (exact) mass is 352 g/mol. The van der Waals surface area contributed by atoms with Gasteiger partial charge in [-0.15, -0.1) is 0 Å². The van der Waals surface area contributed by atoms with Crippen molar-refractivity contribution in [3.05, 3.63) is 41.3 Å². The summed E-state index contributed by atoms with van der Waals surface area (Å²) in [5.74, 6) is 2.83. The van der Waals surface area contributed by atoms with Crippen molar-refractivity contribution in [2.24, 2.45) is 0 Å². The van der Waals surface area contributed by atoms with E-state index in [1.807, 2.05) is 23.1 Å². The molecule has 1 unspecified atom stereocenters. The first-order valence-electron chi connectivity index (χ1n) is 9.03. The summed E-state index contributed by atoms with van der Waals surface area (Å²) < 4.78 is 10.8. The minimum absolute atomic E-state index is 0.000455. The highest BCUT2D eigenvalue weighted by Gasteiger charge is 2.34. The van der Waals surface area contributed by atoms with Crippen molar-refractivity contribution in [2.75, 3.05) is 19.1 Å². The van der Waals surface area contributed by atoms with Crippen molar-refractivity contribution in [3.63, 3.8) is 0 Å². The molecule has 3 heterocycles. The third kappa shape index (κ3) is 2.55. The Kier molecular flexibility index (Phi) is 3.48. The van der Waals surface area contributed by atoms with E-state index in [0.717, 1.165) is 48.6 Å². The van der Waals surface area contributed by atoms with Crippen molar-refractivity contribution in [1.29, 1.82) is 0 Å². The summed E-state index contributed by atoms with van der Waals surface area (Å²) >= 11 is 0. The van der Waals surface area contributed by atoms with Crippen molar-refractivity contribution in [3.8, 4) is 11.5 Å². The molecule has 1 aromatic carbocycles. The van der Waals surface area contributed by atoms with Gasteiger partial charge in [-0.1, -0.05) is 6.07 Å². The van der Waals surface area contributed by atoms with Crippen molar-refractivity contribution in [1.82, 2.24) is 14.9 Å². The highest BCUT2D eigenvalue weighted by atomic mass is 16.7. The summed E-state index contributed by atoms with van der Waals surface area (Å²) in [6.07, 6.45) is 5.65. The van der Waals surface area contributed by atoms with Gasteiger partial charge in [0.25, 0.3) is 5.91 Å². The van der Waals surface area contributed by atoms with Crippen LogP contribution in [0.2, 0.25) is 0 Å². The number of carbonyl (C=O) groups excluding carboxylic acids is 1. The summed E-state index contributed by atoms with van der Waals surface area (Å²) in [5.41, 5.74) is 7.52. The maximum atomic E-state index is 13.1. The number of amides is 1. The zero-order chi connectivity index (χ0) is 17.7. The van der Waals surface area contributed by atoms with Crippen molar-refractivity contribution in [2.45, 2.75) is 37.6 Å². The molecule has 2 N–H and O–H groups in total. The summed E-state index contributed by atoms with van der Waals surface area (Å²) in [6, 6.07) is 5.87. The second kappa shape index (κ2) is 5.86. The predicted molar refractivity (Wildman–Crippen MR) is 94.0 cm³/mol. The summed E-state index contributed by atoms with van der Waals surface area (Å²) in [4.78, 5) is 23.7. The van der Waals surface area contributed by atoms with Crippen LogP contribution in [0, 0.1) is 0 Å². The highest BCUT2D eigenvalue weighted by Crippen LogP contribution is 2.40. The number of hydrogen-bond acceptors (Lipinski definition) is 6. The molecule has 1 aliphatic carbocycles. The summed E-state index contributed by atoms with van der Waals surface area (Å²) in [5, 5.41) is 0. The van der Waals surface area contributed by atoms with Crippen LogP contribution in [-0.2, 0) is 0 Å². The highest BCUT2D eigenvalue weighted by molar-refractivity contribution is 5.98. The van der Waals surface area contributed by atoms with E-state index in [-0.39, 0.29) is 24.6 Å². The topological polar surface area (TPSA) is 90.6 Å². The Hall–Kier alpha value is -2.83. The number of anilines is 1. The van der Waals surface area contributed by atoms with E-state index in [4.69, 9.17) is 15.2 Å². The van der Waals surface area contributed by atoms with Gasteiger partial charge >= 0.3 is 0 Å². The molecule has 2 fully saturated rings. The Bertz CT molecular complexity index is 881. The lowest BCUT2D eigenvalue weighted by molar-refractivity contribution is 0.0735. The second-order valence-electron chi connectivity index (χ2n) is 7.07. The Labute approximate surface area is 151 Å². The lowest BCUT2D eigenvalue weighted by Gasteiger charge is -2.25. The number of benzene rings is 1. The van der Waals surface area contributed by atoms with Crippen molar-refractivity contribution < 1.29 is 14.3 Å². The average Bonchev–Trinajstić information content (AvgIpc) is 3.19. The van der Waals surface area contributed by atoms with Crippen LogP contribution in [0.4, 0.5) is 5.82 Å². The van der Waals surface area contributed by atoms with Crippen LogP contribution in [0.25, 0.3) is 0 Å². The standard InChI is InChI=1S/C19H20N4O3/c20-17-13(9-21-18(22-17)11-3-4-11)19(24)23-7-1-2-14(23)12-5-6-15-16(8-12)26-10-25-15/h5-6,8-9,11,14H,1-4,7,10H2,(H2,20,21,22). The molecule has 5 rings (SSSR count). The van der Waals surface area contributed by atoms with Gasteiger partial charge in [-0.05, 0) is 43.4 Å². The number of fused-ring (bicyclic) bond motifs is 1. The van der Waals surface area contributed by atoms with Crippen LogP contribution in [0.15, 0.2) is 24.4 Å². The van der Waals surface area contributed by atoms with Crippen molar-refractivity contribution >= 4 is 11.7 Å². The van der Waals surface area contributed by atoms with Crippen LogP contribution < -0.4 is 15.2 Å². The summed E-state index contributed by atoms with van der Waals surface area (Å²) in [7, 11) is 0. The van der Waals surface area contributed by atoms with Crippen LogP contribution in [-0.4, -0.2) is 34.1 Å². The molecule has 2 aliphatic heterocycles. The number of carbonyl (C=O) groups is 1. The largest absolute Gasteiger partial charge is 0.454 e. The maximum absolute atomic E-state index is 13.1. The fourth-order valence-electron chi connectivity index (χ4n) is 3.74. The molecular formula is C19H20N4O3. The summed E-state index contributed by atoms with van der Waals surface area (Å²) in [6.45, 7) is 0.940. The van der Waals surface area contributed by atoms with Gasteiger partial charge in [-0.3, -0.25) is 4.79 Å². The molecule has 1 amide bonds. The Morgan fingerprint density at radius 3 is 2.85 bits per heavy atom. The van der Waals surface area contributed by atoms with E-state index in [1.165, 1.54) is 0 Å². The van der Waals surface area contributed by atoms with Gasteiger partial charge < -0.3 is 20.1 Å². The predicted octanol–water partition coefficient (Wildman–Crippen LogP) is 2.64. The fraction of sp³-hybridized carbons (Fsp3) is 0.421. The molecule has 7 nitrogen and oxygen atoms in total. The number of nitrogen functional groups attached to an aromatic ring is 1. The van der Waals surface area contributed by atoms with Gasteiger partial charge in [0, 0.05) is 18.7 Å². The Morgan fingerprint density at radius 2 is 2.04 bits per heavy atom. The van der Waals surface area contributed by atoms with E-state index < -0.39 is 0 Å². The van der Waals surface area contributed by atoms with Gasteiger partial charge in [0.05, 0.1) is 6.04 Å². The molecule has 0 radical (unpaired) electrons. The molecule has 1 saturated carbocycles. The van der Waals surface area contributed by atoms with Gasteiger partial charge in [0.15, 0.2) is 11.5 Å². The first kappa shape index (κ1) is 15.4. The van der Waals surface area contributed by atoms with Crippen LogP contribution in [0.5, 0.6) is 11.5 Å². The molecule has 1 aromatic heterocycles. The molecule has 0 bridgehead atoms. The van der Waals surface area contributed by atoms with Crippen LogP contribution >= 0.6 is 0 Å². The van der Waals surface area contributed by atoms with E-state index in [2.05, 4.69) is 9.97 Å². The molecule has 3 aliphatic rings. The lowest BCUT2D eigenvalue weighted by Crippen LogP contribution is -2.31. The van der Waals surface area contributed by atoms with E-state index in [1.54, 1.807) is 6.20 Å². The molecular weight excluding hydrogens is 332 g/mol. The normalized spacial score (nSPS) is 21.2. The van der Waals surface area contributed by atoms with E-state index in [0.29, 0.717) is 18.0 Å². The van der Waals surface area contributed by atoms with Gasteiger partial charge in [-0.25, -0.2) is 9.97 Å². The van der Waals surface area contributed by atoms with Crippen LogP contribution in [0.1, 0.15) is 59.4 Å². The Morgan fingerprint density at radius 1 is 1.19 bits per heavy atom. The molecule has 134 valence electrons. The van der Waals surface area contributed by atoms with Gasteiger partial charge in [0.1, 0.15) is 17.2 Å². The number of aromatic nitrogens is 2. The number of hydrogen-bond donors (Lipinski definition) is 1. The minimum atomic E-state index is -0.106. The third-order valence-electron chi connectivity index (χ3n) is 5.30. The first-order chi connectivity index (χ1) is 12.7. The average molecular weight is 352 g/mol. The molecule has 0 spiro atoms. The maximum Gasteiger partial charge on any atom is 0.259 e. The van der Waals surface area contributed by atoms with E-state index >= 15 is 0 Å². The van der Waals surface area contributed by atoms with Gasteiger partial charge in [-0.2, -0.15) is 0 Å². The smallest absolute Gasteiger partial charge is 0.259 e. The molecule has 1 atom stereocenters.